The summed E-state index contributed by atoms with van der Waals surface area (Å²) in [6.45, 7) is 2.39. The van der Waals surface area contributed by atoms with Crippen LogP contribution in [0.1, 0.15) is 232 Å². The number of phosphoric acid groups is 1. The third-order valence-electron chi connectivity index (χ3n) is 10.6. The number of esters is 2. The van der Waals surface area contributed by atoms with Crippen LogP contribution in [0.25, 0.3) is 0 Å². The van der Waals surface area contributed by atoms with E-state index in [9.17, 15) is 24.2 Å². The van der Waals surface area contributed by atoms with E-state index in [1.54, 1.807) is 0 Å². The average Bonchev–Trinajstić information content (AvgIpc) is 3.22. The van der Waals surface area contributed by atoms with Crippen molar-refractivity contribution in [3.8, 4) is 0 Å². The number of phosphoric ester groups is 1. The van der Waals surface area contributed by atoms with Crippen LogP contribution >= 0.6 is 7.82 Å². The van der Waals surface area contributed by atoms with E-state index >= 15 is 0 Å². The number of hydrogen-bond acceptors (Lipinski definition) is 9. The summed E-state index contributed by atoms with van der Waals surface area (Å²) >= 11 is 0. The summed E-state index contributed by atoms with van der Waals surface area (Å²) in [4.78, 5) is 35.1. The fraction of sp³-hybridized carbons (Fsp3) is 0.875. The third kappa shape index (κ3) is 44.3. The van der Waals surface area contributed by atoms with Crippen LogP contribution in [-0.4, -0.2) is 65.7 Å². The van der Waals surface area contributed by atoms with Crippen molar-refractivity contribution in [2.45, 2.75) is 244 Å². The van der Waals surface area contributed by atoms with Gasteiger partial charge in [-0.1, -0.05) is 199 Å². The Kier molecular flexibility index (Phi) is 43.3. The van der Waals surface area contributed by atoms with E-state index in [1.165, 1.54) is 141 Å². The molecule has 0 fully saturated rings. The molecular formula is C48H91O10P. The van der Waals surface area contributed by atoms with Gasteiger partial charge < -0.3 is 24.6 Å². The summed E-state index contributed by atoms with van der Waals surface area (Å²) in [5.74, 6) is -0.918. The van der Waals surface area contributed by atoms with Crippen LogP contribution in [0.3, 0.4) is 0 Å². The fourth-order valence-electron chi connectivity index (χ4n) is 6.85. The molecule has 0 heterocycles. The smallest absolute Gasteiger partial charge is 0.462 e. The van der Waals surface area contributed by atoms with Gasteiger partial charge in [0.2, 0.25) is 0 Å². The van der Waals surface area contributed by atoms with E-state index in [1.807, 2.05) is 0 Å². The van der Waals surface area contributed by atoms with Crippen LogP contribution in [-0.2, 0) is 32.7 Å². The highest BCUT2D eigenvalue weighted by molar-refractivity contribution is 7.47. The van der Waals surface area contributed by atoms with Crippen molar-refractivity contribution in [3.63, 3.8) is 0 Å². The molecule has 0 aromatic rings. The average molecular weight is 859 g/mol. The van der Waals surface area contributed by atoms with Crippen molar-refractivity contribution < 1.29 is 47.8 Å². The first kappa shape index (κ1) is 57.4. The van der Waals surface area contributed by atoms with Crippen molar-refractivity contribution in [3.05, 3.63) is 24.3 Å². The van der Waals surface area contributed by atoms with Crippen molar-refractivity contribution in [2.24, 2.45) is 0 Å². The second-order valence-electron chi connectivity index (χ2n) is 16.5. The second kappa shape index (κ2) is 44.5. The van der Waals surface area contributed by atoms with Crippen molar-refractivity contribution in [1.82, 2.24) is 0 Å². The Labute approximate surface area is 361 Å². The van der Waals surface area contributed by atoms with E-state index < -0.39 is 51.8 Å². The topological polar surface area (TPSA) is 149 Å². The highest BCUT2D eigenvalue weighted by Gasteiger charge is 2.27. The lowest BCUT2D eigenvalue weighted by atomic mass is 10.0. The molecule has 59 heavy (non-hydrogen) atoms. The Morgan fingerprint density at radius 2 is 0.881 bits per heavy atom. The standard InChI is InChI=1S/C48H91O10P/c1-3-5-7-9-11-13-15-17-19-21-22-24-26-28-30-32-34-36-38-40-48(52)58-46(44-57-59(53,54)56-42-45(50)41-49)43-55-47(51)39-37-35-33-31-29-27-25-23-20-18-16-14-12-10-8-6-4-2/h11,13,17,19,45-46,49-50H,3-10,12,14-16,18,20-44H2,1-2H3,(H,53,54)/b13-11+,19-17+/t45-,46+/m0/s1. The molecule has 0 aliphatic carbocycles. The first-order chi connectivity index (χ1) is 28.7. The molecule has 0 saturated heterocycles. The minimum absolute atomic E-state index is 0.182. The zero-order valence-electron chi connectivity index (χ0n) is 38.0. The Hall–Kier alpha value is -1.55. The van der Waals surface area contributed by atoms with Gasteiger partial charge in [0, 0.05) is 12.8 Å². The predicted octanol–water partition coefficient (Wildman–Crippen LogP) is 13.3. The van der Waals surface area contributed by atoms with E-state index in [2.05, 4.69) is 38.2 Å². The number of carbonyl (C=O) groups is 2. The zero-order chi connectivity index (χ0) is 43.3. The van der Waals surface area contributed by atoms with Gasteiger partial charge in [0.05, 0.1) is 19.8 Å². The van der Waals surface area contributed by atoms with Crippen LogP contribution in [0, 0.1) is 0 Å². The zero-order valence-corrected chi connectivity index (χ0v) is 38.9. The van der Waals surface area contributed by atoms with Crippen LogP contribution in [0.15, 0.2) is 24.3 Å². The minimum atomic E-state index is -4.62. The Morgan fingerprint density at radius 3 is 1.34 bits per heavy atom. The molecule has 348 valence electrons. The normalized spacial score (nSPS) is 13.9. The molecule has 0 aliphatic rings. The number of hydrogen-bond donors (Lipinski definition) is 3. The van der Waals surface area contributed by atoms with Gasteiger partial charge in [-0.25, -0.2) is 4.57 Å². The Balaban J connectivity index is 4.20. The SMILES string of the molecule is CCCCC/C=C/C/C=C/CCCCCCCCCCCC(=O)O[C@H](COC(=O)CCCCCCCCCCCCCCCCCCC)COP(=O)(O)OC[C@@H](O)CO. The monoisotopic (exact) mass is 859 g/mol. The number of ether oxygens (including phenoxy) is 2. The lowest BCUT2D eigenvalue weighted by Crippen LogP contribution is -2.29. The molecule has 0 aromatic heterocycles. The molecule has 0 spiro atoms. The van der Waals surface area contributed by atoms with Crippen LogP contribution in [0.5, 0.6) is 0 Å². The molecule has 11 heteroatoms. The second-order valence-corrected chi connectivity index (χ2v) is 17.9. The van der Waals surface area contributed by atoms with Gasteiger partial charge in [0.15, 0.2) is 6.10 Å². The third-order valence-corrected chi connectivity index (χ3v) is 11.6. The highest BCUT2D eigenvalue weighted by Crippen LogP contribution is 2.43. The molecule has 10 nitrogen and oxygen atoms in total. The number of carbonyl (C=O) groups excluding carboxylic acids is 2. The Bertz CT molecular complexity index is 1040. The highest BCUT2D eigenvalue weighted by atomic mass is 31.2. The van der Waals surface area contributed by atoms with E-state index in [-0.39, 0.29) is 19.4 Å². The maximum atomic E-state index is 12.7. The van der Waals surface area contributed by atoms with Crippen LogP contribution in [0.4, 0.5) is 0 Å². The summed E-state index contributed by atoms with van der Waals surface area (Å²) in [6, 6.07) is 0. The lowest BCUT2D eigenvalue weighted by Gasteiger charge is -2.20. The van der Waals surface area contributed by atoms with Gasteiger partial charge in [-0.3, -0.25) is 18.6 Å². The summed E-state index contributed by atoms with van der Waals surface area (Å²) < 4.78 is 32.8. The van der Waals surface area contributed by atoms with Crippen LogP contribution in [0.2, 0.25) is 0 Å². The van der Waals surface area contributed by atoms with Crippen molar-refractivity contribution in [1.29, 1.82) is 0 Å². The molecule has 0 radical (unpaired) electrons. The van der Waals surface area contributed by atoms with Crippen molar-refractivity contribution in [2.75, 3.05) is 26.4 Å². The van der Waals surface area contributed by atoms with E-state index in [0.717, 1.165) is 51.4 Å². The van der Waals surface area contributed by atoms with E-state index in [0.29, 0.717) is 12.8 Å². The lowest BCUT2D eigenvalue weighted by molar-refractivity contribution is -0.161. The first-order valence-electron chi connectivity index (χ1n) is 24.3. The maximum absolute atomic E-state index is 12.7. The number of unbranched alkanes of at least 4 members (excludes halogenated alkanes) is 28. The van der Waals surface area contributed by atoms with Gasteiger partial charge in [0.1, 0.15) is 12.7 Å². The Morgan fingerprint density at radius 1 is 0.508 bits per heavy atom. The van der Waals surface area contributed by atoms with Crippen molar-refractivity contribution >= 4 is 19.8 Å². The molecule has 0 aliphatic heterocycles. The van der Waals surface area contributed by atoms with Gasteiger partial charge in [-0.15, -0.1) is 0 Å². The molecule has 0 bridgehead atoms. The number of allylic oxidation sites excluding steroid dienone is 4. The summed E-state index contributed by atoms with van der Waals surface area (Å²) in [7, 11) is -4.62. The fourth-order valence-corrected chi connectivity index (χ4v) is 7.64. The summed E-state index contributed by atoms with van der Waals surface area (Å²) in [6.07, 6.45) is 45.6. The molecule has 0 rings (SSSR count). The number of rotatable bonds is 46. The maximum Gasteiger partial charge on any atom is 0.472 e. The molecule has 3 atom stereocenters. The molecule has 3 N–H and O–H groups in total. The van der Waals surface area contributed by atoms with Gasteiger partial charge in [-0.05, 0) is 44.9 Å². The minimum Gasteiger partial charge on any atom is -0.462 e. The predicted molar refractivity (Wildman–Crippen MR) is 242 cm³/mol. The largest absolute Gasteiger partial charge is 0.472 e. The molecule has 1 unspecified atom stereocenters. The summed E-state index contributed by atoms with van der Waals surface area (Å²) in [5, 5.41) is 18.4. The first-order valence-corrected chi connectivity index (χ1v) is 25.8. The van der Waals surface area contributed by atoms with Crippen LogP contribution < -0.4 is 0 Å². The van der Waals surface area contributed by atoms with Gasteiger partial charge in [-0.2, -0.15) is 0 Å². The van der Waals surface area contributed by atoms with E-state index in [4.69, 9.17) is 23.6 Å². The number of aliphatic hydroxyl groups is 2. The number of aliphatic hydroxyl groups excluding tert-OH is 2. The van der Waals surface area contributed by atoms with Gasteiger partial charge >= 0.3 is 19.8 Å². The molecule has 0 saturated carbocycles. The molecule has 0 aromatic carbocycles. The quantitative estimate of drug-likeness (QED) is 0.0234. The molecular weight excluding hydrogens is 767 g/mol. The summed E-state index contributed by atoms with van der Waals surface area (Å²) in [5.41, 5.74) is 0. The van der Waals surface area contributed by atoms with Gasteiger partial charge in [0.25, 0.3) is 0 Å². The molecule has 0 amide bonds.